The monoisotopic (exact) mass is 336 g/mol. The Bertz CT molecular complexity index is 604. The zero-order valence-corrected chi connectivity index (χ0v) is 13.3. The predicted octanol–water partition coefficient (Wildman–Crippen LogP) is 3.73. The second kappa shape index (κ2) is 6.56. The summed E-state index contributed by atoms with van der Waals surface area (Å²) < 4.78 is 6.02. The van der Waals surface area contributed by atoms with Gasteiger partial charge in [0.2, 0.25) is 0 Å². The molecular formula is C14H17BrN4O. The Kier molecular flexibility index (Phi) is 4.79. The fraction of sp³-hybridized carbons (Fsp3) is 0.286. The van der Waals surface area contributed by atoms with Gasteiger partial charge in [0.05, 0.1) is 7.11 Å². The Hall–Kier alpha value is -1.82. The third kappa shape index (κ3) is 3.19. The summed E-state index contributed by atoms with van der Waals surface area (Å²) >= 11 is 3.52. The van der Waals surface area contributed by atoms with Crippen molar-refractivity contribution in [3.63, 3.8) is 0 Å². The van der Waals surface area contributed by atoms with Crippen molar-refractivity contribution >= 4 is 33.3 Å². The molecule has 1 aromatic heterocycles. The Morgan fingerprint density at radius 1 is 1.25 bits per heavy atom. The molecular weight excluding hydrogens is 320 g/mol. The van der Waals surface area contributed by atoms with Gasteiger partial charge in [-0.3, -0.25) is 0 Å². The molecule has 0 atom stereocenters. The molecule has 5 nitrogen and oxygen atoms in total. The van der Waals surface area contributed by atoms with E-state index < -0.39 is 0 Å². The molecule has 0 saturated heterocycles. The average Bonchev–Trinajstić information content (AvgIpc) is 2.45. The van der Waals surface area contributed by atoms with Crippen LogP contribution in [0.4, 0.5) is 17.3 Å². The van der Waals surface area contributed by atoms with Crippen LogP contribution in [0.15, 0.2) is 29.0 Å². The van der Waals surface area contributed by atoms with E-state index in [4.69, 9.17) is 4.74 Å². The molecule has 0 spiro atoms. The fourth-order valence-electron chi connectivity index (χ4n) is 1.78. The summed E-state index contributed by atoms with van der Waals surface area (Å²) in [6.45, 7) is 4.84. The van der Waals surface area contributed by atoms with Crippen LogP contribution in [0.1, 0.15) is 12.5 Å². The molecule has 0 amide bonds. The van der Waals surface area contributed by atoms with Crippen LogP contribution in [0.2, 0.25) is 0 Å². The number of benzene rings is 1. The summed E-state index contributed by atoms with van der Waals surface area (Å²) in [5.41, 5.74) is 2.06. The van der Waals surface area contributed by atoms with Gasteiger partial charge in [-0.15, -0.1) is 0 Å². The zero-order chi connectivity index (χ0) is 14.5. The number of halogens is 1. The van der Waals surface area contributed by atoms with E-state index in [0.29, 0.717) is 0 Å². The lowest BCUT2D eigenvalue weighted by Crippen LogP contribution is -2.04. The van der Waals surface area contributed by atoms with Crippen molar-refractivity contribution in [2.45, 2.75) is 13.8 Å². The first-order chi connectivity index (χ1) is 9.65. The molecule has 0 unspecified atom stereocenters. The molecule has 1 aromatic carbocycles. The first-order valence-electron chi connectivity index (χ1n) is 6.31. The molecule has 0 fully saturated rings. The maximum absolute atomic E-state index is 5.20. The molecule has 0 aliphatic rings. The number of nitrogens with one attached hydrogen (secondary N) is 2. The fourth-order valence-corrected chi connectivity index (χ4v) is 2.22. The smallest absolute Gasteiger partial charge is 0.150 e. The standard InChI is InChI=1S/C14H17BrN4O/c1-4-16-13-12(15)14(18-8-17-13)19-11-6-5-10(20-3)7-9(11)2/h5-8H,4H2,1-3H3,(H2,16,17,18,19). The number of hydrogen-bond acceptors (Lipinski definition) is 5. The highest BCUT2D eigenvalue weighted by Gasteiger charge is 2.09. The lowest BCUT2D eigenvalue weighted by Gasteiger charge is -2.13. The first-order valence-corrected chi connectivity index (χ1v) is 7.11. The Morgan fingerprint density at radius 3 is 2.65 bits per heavy atom. The Balaban J connectivity index is 2.28. The molecule has 0 saturated carbocycles. The highest BCUT2D eigenvalue weighted by molar-refractivity contribution is 9.10. The van der Waals surface area contributed by atoms with Crippen LogP contribution < -0.4 is 15.4 Å². The highest BCUT2D eigenvalue weighted by atomic mass is 79.9. The van der Waals surface area contributed by atoms with E-state index in [1.807, 2.05) is 32.0 Å². The van der Waals surface area contributed by atoms with Gasteiger partial charge in [-0.2, -0.15) is 0 Å². The largest absolute Gasteiger partial charge is 0.497 e. The van der Waals surface area contributed by atoms with Crippen LogP contribution in [-0.2, 0) is 0 Å². The van der Waals surface area contributed by atoms with Gasteiger partial charge in [-0.25, -0.2) is 9.97 Å². The van der Waals surface area contributed by atoms with E-state index in [9.17, 15) is 0 Å². The van der Waals surface area contributed by atoms with Crippen LogP contribution in [0.25, 0.3) is 0 Å². The van der Waals surface area contributed by atoms with Crippen LogP contribution >= 0.6 is 15.9 Å². The second-order valence-electron chi connectivity index (χ2n) is 4.22. The number of anilines is 3. The third-order valence-electron chi connectivity index (χ3n) is 2.82. The molecule has 20 heavy (non-hydrogen) atoms. The number of nitrogens with zero attached hydrogens (tertiary/aromatic N) is 2. The maximum atomic E-state index is 5.20. The predicted molar refractivity (Wildman–Crippen MR) is 84.9 cm³/mol. The van der Waals surface area contributed by atoms with Crippen LogP contribution in [0.5, 0.6) is 5.75 Å². The maximum Gasteiger partial charge on any atom is 0.150 e. The Morgan fingerprint density at radius 2 is 2.00 bits per heavy atom. The van der Waals surface area contributed by atoms with Gasteiger partial charge in [-0.1, -0.05) is 0 Å². The normalized spacial score (nSPS) is 10.2. The van der Waals surface area contributed by atoms with Crippen molar-refractivity contribution in [2.75, 3.05) is 24.3 Å². The molecule has 2 N–H and O–H groups in total. The molecule has 0 bridgehead atoms. The van der Waals surface area contributed by atoms with E-state index in [2.05, 4.69) is 36.5 Å². The van der Waals surface area contributed by atoms with Crippen molar-refractivity contribution in [1.29, 1.82) is 0 Å². The van der Waals surface area contributed by atoms with Crippen molar-refractivity contribution in [3.05, 3.63) is 34.6 Å². The summed E-state index contributed by atoms with van der Waals surface area (Å²) in [4.78, 5) is 8.45. The van der Waals surface area contributed by atoms with Crippen molar-refractivity contribution in [1.82, 2.24) is 9.97 Å². The SMILES string of the molecule is CCNc1ncnc(Nc2ccc(OC)cc2C)c1Br. The van der Waals surface area contributed by atoms with Gasteiger partial charge in [0.15, 0.2) is 0 Å². The summed E-state index contributed by atoms with van der Waals surface area (Å²) in [7, 11) is 1.66. The quantitative estimate of drug-likeness (QED) is 0.871. The molecule has 0 aliphatic heterocycles. The number of aryl methyl sites for hydroxylation is 1. The molecule has 1 heterocycles. The van der Waals surface area contributed by atoms with Gasteiger partial charge < -0.3 is 15.4 Å². The average molecular weight is 337 g/mol. The number of aromatic nitrogens is 2. The van der Waals surface area contributed by atoms with Gasteiger partial charge in [0, 0.05) is 12.2 Å². The highest BCUT2D eigenvalue weighted by Crippen LogP contribution is 2.30. The summed E-state index contributed by atoms with van der Waals surface area (Å²) in [6.07, 6.45) is 1.53. The van der Waals surface area contributed by atoms with Gasteiger partial charge in [-0.05, 0) is 53.5 Å². The summed E-state index contributed by atoms with van der Waals surface area (Å²) in [6, 6.07) is 5.86. The van der Waals surface area contributed by atoms with Crippen molar-refractivity contribution in [2.24, 2.45) is 0 Å². The summed E-state index contributed by atoms with van der Waals surface area (Å²) in [5.74, 6) is 2.34. The zero-order valence-electron chi connectivity index (χ0n) is 11.7. The number of hydrogen-bond donors (Lipinski definition) is 2. The van der Waals surface area contributed by atoms with Crippen molar-refractivity contribution in [3.8, 4) is 5.75 Å². The lowest BCUT2D eigenvalue weighted by atomic mass is 10.2. The molecule has 0 radical (unpaired) electrons. The van der Waals surface area contributed by atoms with Crippen LogP contribution in [0.3, 0.4) is 0 Å². The second-order valence-corrected chi connectivity index (χ2v) is 5.01. The van der Waals surface area contributed by atoms with Gasteiger partial charge in [0.1, 0.15) is 28.2 Å². The topological polar surface area (TPSA) is 59.1 Å². The number of rotatable bonds is 5. The van der Waals surface area contributed by atoms with E-state index >= 15 is 0 Å². The minimum atomic E-state index is 0.726. The molecule has 6 heteroatoms. The van der Waals surface area contributed by atoms with E-state index in [0.717, 1.165) is 39.7 Å². The minimum absolute atomic E-state index is 0.726. The molecule has 0 aliphatic carbocycles. The molecule has 2 rings (SSSR count). The number of ether oxygens (including phenoxy) is 1. The molecule has 106 valence electrons. The Labute approximate surface area is 126 Å². The van der Waals surface area contributed by atoms with E-state index in [-0.39, 0.29) is 0 Å². The minimum Gasteiger partial charge on any atom is -0.497 e. The van der Waals surface area contributed by atoms with E-state index in [1.165, 1.54) is 6.33 Å². The van der Waals surface area contributed by atoms with Crippen molar-refractivity contribution < 1.29 is 4.74 Å². The van der Waals surface area contributed by atoms with E-state index in [1.54, 1.807) is 7.11 Å². The third-order valence-corrected chi connectivity index (χ3v) is 3.57. The molecule has 2 aromatic rings. The summed E-state index contributed by atoms with van der Waals surface area (Å²) in [5, 5.41) is 6.47. The van der Waals surface area contributed by atoms with Gasteiger partial charge >= 0.3 is 0 Å². The van der Waals surface area contributed by atoms with Crippen LogP contribution in [0, 0.1) is 6.92 Å². The van der Waals surface area contributed by atoms with Gasteiger partial charge in [0.25, 0.3) is 0 Å². The van der Waals surface area contributed by atoms with Crippen LogP contribution in [-0.4, -0.2) is 23.6 Å². The lowest BCUT2D eigenvalue weighted by molar-refractivity contribution is 0.414. The first kappa shape index (κ1) is 14.6. The number of methoxy groups -OCH3 is 1.